The van der Waals surface area contributed by atoms with E-state index in [1.165, 1.54) is 5.56 Å². The molecule has 2 aromatic carbocycles. The van der Waals surface area contributed by atoms with E-state index in [0.717, 1.165) is 33.9 Å². The average Bonchev–Trinajstić information content (AvgIpc) is 3.17. The molecule has 0 radical (unpaired) electrons. The number of benzene rings is 2. The van der Waals surface area contributed by atoms with E-state index >= 15 is 0 Å². The number of nitrogen functional groups attached to an aromatic ring is 2. The second kappa shape index (κ2) is 6.29. The van der Waals surface area contributed by atoms with Crippen LogP contribution in [-0.4, -0.2) is 4.98 Å². The van der Waals surface area contributed by atoms with Gasteiger partial charge in [-0.05, 0) is 42.0 Å². The molecule has 0 spiro atoms. The third-order valence-corrected chi connectivity index (χ3v) is 4.39. The third-order valence-electron chi connectivity index (χ3n) is 4.39. The van der Waals surface area contributed by atoms with Gasteiger partial charge in [0.1, 0.15) is 0 Å². The van der Waals surface area contributed by atoms with Crippen molar-refractivity contribution in [1.29, 1.82) is 0 Å². The SMILES string of the molecule is Nc1ccc(-c2cc(C3C=CC=C3)cc(-c3ccc(N)cc3)n2)cc1. The number of allylic oxidation sites excluding steroid dienone is 4. The molecule has 3 heteroatoms. The fraction of sp³-hybridized carbons (Fsp3) is 0.0455. The van der Waals surface area contributed by atoms with Gasteiger partial charge in [-0.25, -0.2) is 4.98 Å². The minimum absolute atomic E-state index is 0.281. The van der Waals surface area contributed by atoms with E-state index in [1.807, 2.05) is 48.5 Å². The van der Waals surface area contributed by atoms with Gasteiger partial charge in [0.15, 0.2) is 0 Å². The fourth-order valence-corrected chi connectivity index (χ4v) is 3.00. The molecule has 4 rings (SSSR count). The molecule has 0 saturated heterocycles. The molecule has 3 aromatic rings. The molecule has 0 atom stereocenters. The van der Waals surface area contributed by atoms with E-state index in [0.29, 0.717) is 0 Å². The van der Waals surface area contributed by atoms with Gasteiger partial charge < -0.3 is 11.5 Å². The van der Waals surface area contributed by atoms with Gasteiger partial charge in [0.2, 0.25) is 0 Å². The second-order valence-electron chi connectivity index (χ2n) is 6.21. The van der Waals surface area contributed by atoms with E-state index in [-0.39, 0.29) is 5.92 Å². The number of hydrogen-bond acceptors (Lipinski definition) is 3. The van der Waals surface area contributed by atoms with Crippen molar-refractivity contribution in [1.82, 2.24) is 4.98 Å². The second-order valence-corrected chi connectivity index (χ2v) is 6.21. The molecule has 25 heavy (non-hydrogen) atoms. The van der Waals surface area contributed by atoms with Crippen LogP contribution in [0.4, 0.5) is 11.4 Å². The predicted molar refractivity (Wildman–Crippen MR) is 105 cm³/mol. The highest BCUT2D eigenvalue weighted by atomic mass is 14.7. The number of nitrogens with zero attached hydrogens (tertiary/aromatic N) is 1. The molecule has 4 N–H and O–H groups in total. The Morgan fingerprint density at radius 3 is 1.52 bits per heavy atom. The van der Waals surface area contributed by atoms with E-state index in [9.17, 15) is 0 Å². The first kappa shape index (κ1) is 15.2. The predicted octanol–water partition coefficient (Wildman–Crippen LogP) is 4.79. The molecule has 0 aliphatic heterocycles. The van der Waals surface area contributed by atoms with Crippen LogP contribution in [0.15, 0.2) is 85.0 Å². The van der Waals surface area contributed by atoms with Crippen LogP contribution in [0.25, 0.3) is 22.5 Å². The monoisotopic (exact) mass is 325 g/mol. The van der Waals surface area contributed by atoms with Gasteiger partial charge in [-0.15, -0.1) is 0 Å². The molecule has 122 valence electrons. The lowest BCUT2D eigenvalue weighted by Gasteiger charge is -2.12. The van der Waals surface area contributed by atoms with Gasteiger partial charge >= 0.3 is 0 Å². The highest BCUT2D eigenvalue weighted by Gasteiger charge is 2.13. The standard InChI is InChI=1S/C22H19N3/c23-19-9-5-16(6-10-19)21-13-18(15-3-1-2-4-15)14-22(25-21)17-7-11-20(24)12-8-17/h1-15H,23-24H2. The highest BCUT2D eigenvalue weighted by Crippen LogP contribution is 2.31. The van der Waals surface area contributed by atoms with Gasteiger partial charge in [0.25, 0.3) is 0 Å². The lowest BCUT2D eigenvalue weighted by molar-refractivity contribution is 1.09. The molecule has 0 fully saturated rings. The molecule has 0 saturated carbocycles. The van der Waals surface area contributed by atoms with Crippen LogP contribution in [-0.2, 0) is 0 Å². The molecule has 1 aromatic heterocycles. The van der Waals surface area contributed by atoms with Crippen LogP contribution < -0.4 is 11.5 Å². The van der Waals surface area contributed by atoms with Gasteiger partial charge in [0.05, 0.1) is 11.4 Å². The lowest BCUT2D eigenvalue weighted by atomic mass is 9.96. The van der Waals surface area contributed by atoms with Crippen molar-refractivity contribution in [3.05, 3.63) is 90.5 Å². The Morgan fingerprint density at radius 1 is 0.640 bits per heavy atom. The van der Waals surface area contributed by atoms with Crippen molar-refractivity contribution in [2.45, 2.75) is 5.92 Å². The largest absolute Gasteiger partial charge is 0.399 e. The summed E-state index contributed by atoms with van der Waals surface area (Å²) >= 11 is 0. The number of rotatable bonds is 3. The Hall–Kier alpha value is -3.33. The summed E-state index contributed by atoms with van der Waals surface area (Å²) in [5.74, 6) is 0.281. The summed E-state index contributed by atoms with van der Waals surface area (Å²) in [7, 11) is 0. The molecule has 1 aliphatic carbocycles. The van der Waals surface area contributed by atoms with E-state index in [2.05, 4.69) is 36.4 Å². The number of anilines is 2. The quantitative estimate of drug-likeness (QED) is 0.680. The molecule has 0 amide bonds. The lowest BCUT2D eigenvalue weighted by Crippen LogP contribution is -1.96. The molecule has 3 nitrogen and oxygen atoms in total. The topological polar surface area (TPSA) is 64.9 Å². The van der Waals surface area contributed by atoms with Crippen molar-refractivity contribution < 1.29 is 0 Å². The molecular weight excluding hydrogens is 306 g/mol. The van der Waals surface area contributed by atoms with Crippen molar-refractivity contribution in [2.24, 2.45) is 0 Å². The van der Waals surface area contributed by atoms with Crippen LogP contribution in [0.3, 0.4) is 0 Å². The first-order valence-corrected chi connectivity index (χ1v) is 8.28. The van der Waals surface area contributed by atoms with Crippen LogP contribution in [0.5, 0.6) is 0 Å². The summed E-state index contributed by atoms with van der Waals surface area (Å²) < 4.78 is 0. The molecular formula is C22H19N3. The molecule has 1 aliphatic rings. The van der Waals surface area contributed by atoms with Gasteiger partial charge in [-0.1, -0.05) is 48.6 Å². The van der Waals surface area contributed by atoms with Crippen LogP contribution in [0.2, 0.25) is 0 Å². The summed E-state index contributed by atoms with van der Waals surface area (Å²) in [5, 5.41) is 0. The Balaban J connectivity index is 1.85. The number of hydrogen-bond donors (Lipinski definition) is 2. The highest BCUT2D eigenvalue weighted by molar-refractivity contribution is 5.70. The maximum Gasteiger partial charge on any atom is 0.0712 e. The Morgan fingerprint density at radius 2 is 1.08 bits per heavy atom. The number of nitrogens with two attached hydrogens (primary N) is 2. The van der Waals surface area contributed by atoms with E-state index in [1.54, 1.807) is 0 Å². The molecule has 1 heterocycles. The molecule has 0 unspecified atom stereocenters. The summed E-state index contributed by atoms with van der Waals surface area (Å²) in [6.07, 6.45) is 8.54. The van der Waals surface area contributed by atoms with Crippen molar-refractivity contribution in [3.8, 4) is 22.5 Å². The zero-order valence-electron chi connectivity index (χ0n) is 13.8. The normalized spacial score (nSPS) is 13.4. The van der Waals surface area contributed by atoms with E-state index < -0.39 is 0 Å². The van der Waals surface area contributed by atoms with Gasteiger partial charge in [-0.2, -0.15) is 0 Å². The van der Waals surface area contributed by atoms with Crippen LogP contribution in [0, 0.1) is 0 Å². The summed E-state index contributed by atoms with van der Waals surface area (Å²) in [4.78, 5) is 4.87. The summed E-state index contributed by atoms with van der Waals surface area (Å²) in [6.45, 7) is 0. The van der Waals surface area contributed by atoms with Crippen LogP contribution >= 0.6 is 0 Å². The summed E-state index contributed by atoms with van der Waals surface area (Å²) in [5.41, 5.74) is 18.4. The first-order chi connectivity index (χ1) is 12.2. The molecule has 0 bridgehead atoms. The Kier molecular flexibility index (Phi) is 3.82. The zero-order chi connectivity index (χ0) is 17.2. The fourth-order valence-electron chi connectivity index (χ4n) is 3.00. The maximum absolute atomic E-state index is 5.82. The average molecular weight is 325 g/mol. The minimum atomic E-state index is 0.281. The number of pyridine rings is 1. The maximum atomic E-state index is 5.82. The van der Waals surface area contributed by atoms with Crippen molar-refractivity contribution >= 4 is 11.4 Å². The first-order valence-electron chi connectivity index (χ1n) is 8.28. The third kappa shape index (κ3) is 3.17. The Bertz CT molecular complexity index is 876. The Labute approximate surface area is 147 Å². The zero-order valence-corrected chi connectivity index (χ0v) is 13.8. The smallest absolute Gasteiger partial charge is 0.0712 e. The van der Waals surface area contributed by atoms with E-state index in [4.69, 9.17) is 16.5 Å². The van der Waals surface area contributed by atoms with Gasteiger partial charge in [-0.3, -0.25) is 0 Å². The van der Waals surface area contributed by atoms with Gasteiger partial charge in [0, 0.05) is 28.4 Å². The van der Waals surface area contributed by atoms with Crippen molar-refractivity contribution in [3.63, 3.8) is 0 Å². The van der Waals surface area contributed by atoms with Crippen LogP contribution in [0.1, 0.15) is 11.5 Å². The minimum Gasteiger partial charge on any atom is -0.399 e. The summed E-state index contributed by atoms with van der Waals surface area (Å²) in [6, 6.07) is 20.0. The van der Waals surface area contributed by atoms with Crippen molar-refractivity contribution in [2.75, 3.05) is 11.5 Å². The number of aromatic nitrogens is 1.